The van der Waals surface area contributed by atoms with Gasteiger partial charge in [0, 0.05) is 6.04 Å². The van der Waals surface area contributed by atoms with Gasteiger partial charge in [-0.2, -0.15) is 0 Å². The van der Waals surface area contributed by atoms with Gasteiger partial charge in [0.25, 0.3) is 0 Å². The van der Waals surface area contributed by atoms with E-state index in [1.807, 2.05) is 6.07 Å². The maximum Gasteiger partial charge on any atom is 0.515 e. The fourth-order valence-corrected chi connectivity index (χ4v) is 2.82. The number of hydrogen-bond acceptors (Lipinski definition) is 6. The number of nitrogens with one attached hydrogen (secondary N) is 1. The van der Waals surface area contributed by atoms with Crippen LogP contribution in [0.1, 0.15) is 44.4 Å². The number of benzene rings is 1. The summed E-state index contributed by atoms with van der Waals surface area (Å²) >= 11 is 5.33. The molecule has 0 aliphatic heterocycles. The van der Waals surface area contributed by atoms with Crippen LogP contribution < -0.4 is 10.1 Å². The lowest BCUT2D eigenvalue weighted by Crippen LogP contribution is -2.41. The van der Waals surface area contributed by atoms with Crippen molar-refractivity contribution in [2.24, 2.45) is 0 Å². The minimum absolute atomic E-state index is 0.147. The third kappa shape index (κ3) is 5.38. The lowest BCUT2D eigenvalue weighted by Gasteiger charge is -2.24. The van der Waals surface area contributed by atoms with E-state index in [1.165, 1.54) is 0 Å². The van der Waals surface area contributed by atoms with E-state index in [0.717, 1.165) is 24.0 Å². The smallest absolute Gasteiger partial charge is 0.458 e. The summed E-state index contributed by atoms with van der Waals surface area (Å²) < 4.78 is 15.0. The molecular formula is C19H22ClNO5. The minimum Gasteiger partial charge on any atom is -0.458 e. The lowest BCUT2D eigenvalue weighted by molar-refractivity contribution is -0.156. The lowest BCUT2D eigenvalue weighted by atomic mass is 10.1. The van der Waals surface area contributed by atoms with Gasteiger partial charge in [0.2, 0.25) is 0 Å². The molecule has 2 rings (SSSR count). The fraction of sp³-hybridized carbons (Fsp3) is 0.474. The Balaban J connectivity index is 2.11. The van der Waals surface area contributed by atoms with Crippen molar-refractivity contribution in [2.75, 3.05) is 6.07 Å². The monoisotopic (exact) mass is 379 g/mol. The summed E-state index contributed by atoms with van der Waals surface area (Å²) in [6.45, 7) is 5.35. The first-order chi connectivity index (χ1) is 12.2. The maximum atomic E-state index is 12.2. The molecule has 1 aliphatic carbocycles. The topological polar surface area (TPSA) is 73.9 Å². The number of halogens is 1. The van der Waals surface area contributed by atoms with Crippen LogP contribution >= 0.6 is 11.6 Å². The predicted molar refractivity (Wildman–Crippen MR) is 96.9 cm³/mol. The van der Waals surface area contributed by atoms with Crippen molar-refractivity contribution in [3.05, 3.63) is 29.3 Å². The average Bonchev–Trinajstić information content (AvgIpc) is 2.93. The van der Waals surface area contributed by atoms with E-state index in [1.54, 1.807) is 32.9 Å². The van der Waals surface area contributed by atoms with Crippen LogP contribution in [-0.4, -0.2) is 29.8 Å². The summed E-state index contributed by atoms with van der Waals surface area (Å²) in [5.74, 6) is 2.28. The second-order valence-corrected chi connectivity index (χ2v) is 7.08. The highest BCUT2D eigenvalue weighted by Gasteiger charge is 2.30. The second-order valence-electron chi connectivity index (χ2n) is 6.86. The van der Waals surface area contributed by atoms with E-state index >= 15 is 0 Å². The molecule has 2 atom stereocenters. The highest BCUT2D eigenvalue weighted by atomic mass is 35.5. The standard InChI is InChI=1S/C19H22ClNO5/c1-5-15(17(22)26-19(2,3)4)21-16-9-7-12-6-8-13(10-14(12)16)25-18(23)24-11-20/h1,6,8,10,15-16,21H,7,9,11H2,2-4H3/t15-,16?/m1/s1. The maximum absolute atomic E-state index is 12.2. The Bertz CT molecular complexity index is 720. The van der Waals surface area contributed by atoms with Crippen LogP contribution in [0.4, 0.5) is 4.79 Å². The summed E-state index contributed by atoms with van der Waals surface area (Å²) in [6, 6.07) is 4.00. The summed E-state index contributed by atoms with van der Waals surface area (Å²) in [5, 5.41) is 3.15. The van der Waals surface area contributed by atoms with Crippen LogP contribution in [0.25, 0.3) is 0 Å². The number of carbonyl (C=O) groups excluding carboxylic acids is 2. The van der Waals surface area contributed by atoms with Gasteiger partial charge in [-0.15, -0.1) is 6.42 Å². The number of aryl methyl sites for hydroxylation is 1. The van der Waals surface area contributed by atoms with E-state index in [-0.39, 0.29) is 12.1 Å². The van der Waals surface area contributed by atoms with Gasteiger partial charge >= 0.3 is 12.1 Å². The van der Waals surface area contributed by atoms with Crippen molar-refractivity contribution < 1.29 is 23.8 Å². The van der Waals surface area contributed by atoms with Crippen molar-refractivity contribution in [1.29, 1.82) is 0 Å². The molecule has 1 aliphatic rings. The molecule has 7 heteroatoms. The molecule has 0 aromatic heterocycles. The molecule has 1 unspecified atom stereocenters. The molecule has 0 saturated heterocycles. The van der Waals surface area contributed by atoms with Gasteiger partial charge in [-0.25, -0.2) is 9.59 Å². The average molecular weight is 380 g/mol. The fourth-order valence-electron chi connectivity index (χ4n) is 2.73. The number of carbonyl (C=O) groups is 2. The second kappa shape index (κ2) is 8.43. The molecule has 1 aromatic rings. The van der Waals surface area contributed by atoms with Crippen LogP contribution in [0.3, 0.4) is 0 Å². The molecule has 26 heavy (non-hydrogen) atoms. The van der Waals surface area contributed by atoms with E-state index in [0.29, 0.717) is 5.75 Å². The number of fused-ring (bicyclic) bond motifs is 1. The van der Waals surface area contributed by atoms with Crippen LogP contribution in [-0.2, 0) is 20.7 Å². The van der Waals surface area contributed by atoms with Crippen molar-refractivity contribution in [3.63, 3.8) is 0 Å². The highest BCUT2D eigenvalue weighted by molar-refractivity contribution is 6.17. The summed E-state index contributed by atoms with van der Waals surface area (Å²) in [4.78, 5) is 23.7. The number of hydrogen-bond donors (Lipinski definition) is 1. The molecule has 1 aromatic carbocycles. The molecule has 0 fully saturated rings. The third-order valence-corrected chi connectivity index (χ3v) is 3.85. The summed E-state index contributed by atoms with van der Waals surface area (Å²) in [6.07, 6.45) is 6.23. The van der Waals surface area contributed by atoms with Crippen molar-refractivity contribution in [2.45, 2.75) is 51.3 Å². The Kier molecular flexibility index (Phi) is 6.52. The van der Waals surface area contributed by atoms with Crippen LogP contribution in [0, 0.1) is 12.3 Å². The molecule has 0 amide bonds. The van der Waals surface area contributed by atoms with E-state index < -0.39 is 23.8 Å². The van der Waals surface area contributed by atoms with Crippen molar-refractivity contribution >= 4 is 23.7 Å². The summed E-state index contributed by atoms with van der Waals surface area (Å²) in [7, 11) is 0. The predicted octanol–water partition coefficient (Wildman–Crippen LogP) is 3.32. The number of alkyl halides is 1. The van der Waals surface area contributed by atoms with Gasteiger partial charge in [-0.1, -0.05) is 23.6 Å². The molecule has 0 saturated carbocycles. The molecule has 1 N–H and O–H groups in total. The molecule has 0 spiro atoms. The highest BCUT2D eigenvalue weighted by Crippen LogP contribution is 2.34. The molecule has 6 nitrogen and oxygen atoms in total. The third-order valence-electron chi connectivity index (χ3n) is 3.75. The van der Waals surface area contributed by atoms with Crippen LogP contribution in [0.2, 0.25) is 0 Å². The molecule has 0 radical (unpaired) electrons. The molecule has 0 bridgehead atoms. The minimum atomic E-state index is -0.877. The van der Waals surface area contributed by atoms with Gasteiger partial charge in [0.1, 0.15) is 11.4 Å². The van der Waals surface area contributed by atoms with Gasteiger partial charge in [0.15, 0.2) is 12.1 Å². The van der Waals surface area contributed by atoms with Crippen molar-refractivity contribution in [3.8, 4) is 18.1 Å². The normalized spacial score (nSPS) is 17.0. The quantitative estimate of drug-likeness (QED) is 0.366. The van der Waals surface area contributed by atoms with Gasteiger partial charge in [0.05, 0.1) is 0 Å². The van der Waals surface area contributed by atoms with Crippen LogP contribution in [0.5, 0.6) is 5.75 Å². The Morgan fingerprint density at radius 2 is 2.15 bits per heavy atom. The van der Waals surface area contributed by atoms with Gasteiger partial charge in [-0.05, 0) is 56.9 Å². The van der Waals surface area contributed by atoms with E-state index in [9.17, 15) is 9.59 Å². The first-order valence-corrected chi connectivity index (χ1v) is 8.75. The Morgan fingerprint density at radius 1 is 1.42 bits per heavy atom. The van der Waals surface area contributed by atoms with Gasteiger partial charge < -0.3 is 14.2 Å². The van der Waals surface area contributed by atoms with Gasteiger partial charge in [-0.3, -0.25) is 5.32 Å². The molecule has 0 heterocycles. The zero-order valence-corrected chi connectivity index (χ0v) is 15.8. The first kappa shape index (κ1) is 20.1. The number of rotatable bonds is 5. The van der Waals surface area contributed by atoms with E-state index in [2.05, 4.69) is 16.0 Å². The number of ether oxygens (including phenoxy) is 3. The molecule has 140 valence electrons. The van der Waals surface area contributed by atoms with Crippen LogP contribution in [0.15, 0.2) is 18.2 Å². The Labute approximate surface area is 158 Å². The zero-order chi connectivity index (χ0) is 19.3. The SMILES string of the molecule is C#C[C@@H](NC1CCc2ccc(OC(=O)OCCl)cc21)C(=O)OC(C)(C)C. The first-order valence-electron chi connectivity index (χ1n) is 8.22. The Morgan fingerprint density at radius 3 is 2.77 bits per heavy atom. The zero-order valence-electron chi connectivity index (χ0n) is 15.0. The van der Waals surface area contributed by atoms with E-state index in [4.69, 9.17) is 27.5 Å². The van der Waals surface area contributed by atoms with Crippen molar-refractivity contribution in [1.82, 2.24) is 5.32 Å². The molecular weight excluding hydrogens is 358 g/mol. The largest absolute Gasteiger partial charge is 0.515 e. The Hall–Kier alpha value is -2.23. The number of esters is 1. The summed E-state index contributed by atoms with van der Waals surface area (Å²) in [5.41, 5.74) is 1.40. The number of terminal acetylenes is 1.